The first-order valence-electron chi connectivity index (χ1n) is 7.44. The van der Waals surface area contributed by atoms with Crippen molar-refractivity contribution < 1.29 is 9.53 Å². The van der Waals surface area contributed by atoms with Crippen LogP contribution in [0, 0.1) is 0 Å². The number of rotatable bonds is 6. The summed E-state index contributed by atoms with van der Waals surface area (Å²) in [7, 11) is 0. The fourth-order valence-corrected chi connectivity index (χ4v) is 2.68. The van der Waals surface area contributed by atoms with Crippen LogP contribution in [0.15, 0.2) is 46.3 Å². The number of nitrogens with zero attached hydrogens (tertiary/aromatic N) is 1. The molecule has 2 rings (SSSR count). The van der Waals surface area contributed by atoms with Gasteiger partial charge in [-0.25, -0.2) is 4.98 Å². The van der Waals surface area contributed by atoms with Gasteiger partial charge in [-0.15, -0.1) is 0 Å². The highest BCUT2D eigenvalue weighted by Gasteiger charge is 2.18. The first-order chi connectivity index (χ1) is 11.0. The molecule has 1 N–H and O–H groups in total. The van der Waals surface area contributed by atoms with Crippen molar-refractivity contribution in [3.63, 3.8) is 0 Å². The van der Waals surface area contributed by atoms with E-state index in [9.17, 15) is 9.59 Å². The minimum atomic E-state index is -0.454. The lowest BCUT2D eigenvalue weighted by Crippen LogP contribution is -2.19. The summed E-state index contributed by atoms with van der Waals surface area (Å²) >= 11 is 1.19. The molecule has 6 heteroatoms. The quantitative estimate of drug-likeness (QED) is 0.500. The molecule has 0 aliphatic heterocycles. The number of aromatic nitrogens is 2. The molecular formula is C17H20N2O3S. The average molecular weight is 332 g/mol. The van der Waals surface area contributed by atoms with Crippen molar-refractivity contribution in [2.75, 3.05) is 0 Å². The summed E-state index contributed by atoms with van der Waals surface area (Å²) in [6, 6.07) is 11.0. The number of aromatic amines is 1. The van der Waals surface area contributed by atoms with Gasteiger partial charge in [-0.1, -0.05) is 55.9 Å². The normalized spacial score (nSPS) is 12.2. The predicted molar refractivity (Wildman–Crippen MR) is 90.5 cm³/mol. The van der Waals surface area contributed by atoms with Gasteiger partial charge in [-0.2, -0.15) is 0 Å². The van der Waals surface area contributed by atoms with Crippen molar-refractivity contribution in [2.45, 2.75) is 43.7 Å². The number of nitrogens with one attached hydrogen (secondary N) is 1. The van der Waals surface area contributed by atoms with Crippen LogP contribution in [0.25, 0.3) is 0 Å². The van der Waals surface area contributed by atoms with Gasteiger partial charge >= 0.3 is 5.97 Å². The maximum Gasteiger partial charge on any atom is 0.319 e. The van der Waals surface area contributed by atoms with Crippen LogP contribution >= 0.6 is 11.8 Å². The van der Waals surface area contributed by atoms with E-state index in [1.165, 1.54) is 17.8 Å². The lowest BCUT2D eigenvalue weighted by atomic mass is 10.1. The molecule has 1 heterocycles. The van der Waals surface area contributed by atoms with Crippen LogP contribution in [0.1, 0.15) is 37.9 Å². The van der Waals surface area contributed by atoms with Crippen molar-refractivity contribution in [1.82, 2.24) is 9.97 Å². The highest BCUT2D eigenvalue weighted by molar-refractivity contribution is 8.00. The summed E-state index contributed by atoms with van der Waals surface area (Å²) in [5.74, 6) is -0.187. The highest BCUT2D eigenvalue weighted by Crippen LogP contribution is 2.21. The van der Waals surface area contributed by atoms with Gasteiger partial charge in [0.25, 0.3) is 5.56 Å². The van der Waals surface area contributed by atoms with Gasteiger partial charge in [0, 0.05) is 6.07 Å². The molecule has 0 aliphatic carbocycles. The standard InChI is InChI=1S/C17H20N2O3S/c1-11(2)14-9-15(20)19-17(18-14)23-12(3)16(21)22-10-13-7-5-4-6-8-13/h4-9,11-12H,10H2,1-3H3,(H,18,19,20). The fourth-order valence-electron chi connectivity index (χ4n) is 1.87. The Bertz CT molecular complexity index is 713. The van der Waals surface area contributed by atoms with Crippen LogP contribution in [-0.4, -0.2) is 21.2 Å². The minimum Gasteiger partial charge on any atom is -0.460 e. The number of hydrogen-bond donors (Lipinski definition) is 1. The molecule has 5 nitrogen and oxygen atoms in total. The molecular weight excluding hydrogens is 312 g/mol. The zero-order chi connectivity index (χ0) is 16.8. The number of ether oxygens (including phenoxy) is 1. The molecule has 1 unspecified atom stereocenters. The smallest absolute Gasteiger partial charge is 0.319 e. The van der Waals surface area contributed by atoms with Crippen molar-refractivity contribution in [3.05, 3.63) is 58.0 Å². The van der Waals surface area contributed by atoms with E-state index < -0.39 is 5.25 Å². The van der Waals surface area contributed by atoms with Gasteiger partial charge in [-0.05, 0) is 18.4 Å². The zero-order valence-electron chi connectivity index (χ0n) is 13.4. The van der Waals surface area contributed by atoms with E-state index >= 15 is 0 Å². The first-order valence-corrected chi connectivity index (χ1v) is 8.32. The number of carbonyl (C=O) groups excluding carboxylic acids is 1. The summed E-state index contributed by atoms with van der Waals surface area (Å²) < 4.78 is 5.29. The van der Waals surface area contributed by atoms with Crippen molar-refractivity contribution in [3.8, 4) is 0 Å². The molecule has 1 aromatic carbocycles. The lowest BCUT2D eigenvalue weighted by molar-refractivity contribution is -0.143. The van der Waals surface area contributed by atoms with E-state index in [-0.39, 0.29) is 24.1 Å². The molecule has 0 aliphatic rings. The molecule has 0 saturated carbocycles. The maximum atomic E-state index is 12.1. The van der Waals surface area contributed by atoms with Gasteiger partial charge < -0.3 is 9.72 Å². The Morgan fingerprint density at radius 2 is 1.96 bits per heavy atom. The third-order valence-corrected chi connectivity index (χ3v) is 4.14. The molecule has 122 valence electrons. The monoisotopic (exact) mass is 332 g/mol. The summed E-state index contributed by atoms with van der Waals surface area (Å²) in [6.07, 6.45) is 0. The third kappa shape index (κ3) is 5.25. The molecule has 0 fully saturated rings. The van der Waals surface area contributed by atoms with E-state index in [0.29, 0.717) is 10.9 Å². The number of hydrogen-bond acceptors (Lipinski definition) is 5. The average Bonchev–Trinajstić information content (AvgIpc) is 2.52. The number of thioether (sulfide) groups is 1. The Hall–Kier alpha value is -2.08. The van der Waals surface area contributed by atoms with E-state index in [2.05, 4.69) is 9.97 Å². The Balaban J connectivity index is 1.97. The van der Waals surface area contributed by atoms with Crippen LogP contribution in [-0.2, 0) is 16.1 Å². The molecule has 0 radical (unpaired) electrons. The fraction of sp³-hybridized carbons (Fsp3) is 0.353. The topological polar surface area (TPSA) is 72.0 Å². The van der Waals surface area contributed by atoms with E-state index in [0.717, 1.165) is 5.56 Å². The number of H-pyrrole nitrogens is 1. The van der Waals surface area contributed by atoms with Gasteiger partial charge in [0.15, 0.2) is 5.16 Å². The number of esters is 1. The van der Waals surface area contributed by atoms with E-state index in [1.54, 1.807) is 6.92 Å². The predicted octanol–water partition coefficient (Wildman–Crippen LogP) is 3.12. The largest absolute Gasteiger partial charge is 0.460 e. The summed E-state index contributed by atoms with van der Waals surface area (Å²) in [6.45, 7) is 5.90. The molecule has 0 amide bonds. The van der Waals surface area contributed by atoms with Gasteiger partial charge in [0.05, 0.1) is 5.69 Å². The Kier molecular flexibility index (Phi) is 5.98. The molecule has 23 heavy (non-hydrogen) atoms. The molecule has 1 aromatic heterocycles. The van der Waals surface area contributed by atoms with Crippen molar-refractivity contribution in [1.29, 1.82) is 0 Å². The van der Waals surface area contributed by atoms with Gasteiger partial charge in [0.1, 0.15) is 11.9 Å². The Labute approximate surface area is 139 Å². The van der Waals surface area contributed by atoms with Crippen LogP contribution in [0.4, 0.5) is 0 Å². The molecule has 0 saturated heterocycles. The minimum absolute atomic E-state index is 0.150. The highest BCUT2D eigenvalue weighted by atomic mass is 32.2. The van der Waals surface area contributed by atoms with Crippen LogP contribution in [0.2, 0.25) is 0 Å². The zero-order valence-corrected chi connectivity index (χ0v) is 14.2. The van der Waals surface area contributed by atoms with Crippen molar-refractivity contribution in [2.24, 2.45) is 0 Å². The third-order valence-electron chi connectivity index (χ3n) is 3.18. The van der Waals surface area contributed by atoms with Crippen LogP contribution in [0.3, 0.4) is 0 Å². The second-order valence-corrected chi connectivity index (χ2v) is 6.81. The van der Waals surface area contributed by atoms with Gasteiger partial charge in [-0.3, -0.25) is 9.59 Å². The first kappa shape index (κ1) is 17.3. The molecule has 0 spiro atoms. The van der Waals surface area contributed by atoms with Crippen molar-refractivity contribution >= 4 is 17.7 Å². The Morgan fingerprint density at radius 1 is 1.26 bits per heavy atom. The second-order valence-electron chi connectivity index (χ2n) is 5.48. The maximum absolute atomic E-state index is 12.1. The number of benzene rings is 1. The van der Waals surface area contributed by atoms with E-state index in [4.69, 9.17) is 4.74 Å². The second kappa shape index (κ2) is 7.97. The molecule has 0 bridgehead atoms. The SMILES string of the molecule is CC(Sc1nc(C(C)C)cc(=O)[nH]1)C(=O)OCc1ccccc1. The summed E-state index contributed by atoms with van der Waals surface area (Å²) in [4.78, 5) is 30.7. The lowest BCUT2D eigenvalue weighted by Gasteiger charge is -2.12. The van der Waals surface area contributed by atoms with Crippen LogP contribution < -0.4 is 5.56 Å². The molecule has 1 atom stereocenters. The van der Waals surface area contributed by atoms with Crippen LogP contribution in [0.5, 0.6) is 0 Å². The van der Waals surface area contributed by atoms with E-state index in [1.807, 2.05) is 44.2 Å². The summed E-state index contributed by atoms with van der Waals surface area (Å²) in [5.41, 5.74) is 1.43. The number of carbonyl (C=O) groups is 1. The van der Waals surface area contributed by atoms with Gasteiger partial charge in [0.2, 0.25) is 0 Å². The Morgan fingerprint density at radius 3 is 2.61 bits per heavy atom. The summed E-state index contributed by atoms with van der Waals surface area (Å²) in [5, 5.41) is -0.0189. The molecule has 2 aromatic rings.